The molecular formula is C21H28N4O. The van der Waals surface area contributed by atoms with E-state index in [2.05, 4.69) is 65.4 Å². The minimum absolute atomic E-state index is 0.154. The molecule has 2 aromatic rings. The summed E-state index contributed by atoms with van der Waals surface area (Å²) >= 11 is 0. The van der Waals surface area contributed by atoms with E-state index in [0.717, 1.165) is 19.5 Å². The Kier molecular flexibility index (Phi) is 4.59. The number of carbonyl (C=O) groups excluding carboxylic acids is 1. The van der Waals surface area contributed by atoms with Gasteiger partial charge in [-0.1, -0.05) is 44.2 Å². The molecule has 1 fully saturated rings. The molecule has 5 nitrogen and oxygen atoms in total. The molecule has 0 radical (unpaired) electrons. The van der Waals surface area contributed by atoms with Gasteiger partial charge in [-0.2, -0.15) is 0 Å². The molecular weight excluding hydrogens is 324 g/mol. The molecule has 4 unspecified atom stereocenters. The van der Waals surface area contributed by atoms with Gasteiger partial charge in [0, 0.05) is 30.4 Å². The molecule has 0 aliphatic carbocycles. The van der Waals surface area contributed by atoms with Gasteiger partial charge in [0.05, 0.1) is 12.1 Å². The van der Waals surface area contributed by atoms with Gasteiger partial charge in [0.2, 0.25) is 5.91 Å². The van der Waals surface area contributed by atoms with Gasteiger partial charge in [-0.3, -0.25) is 4.79 Å². The zero-order valence-corrected chi connectivity index (χ0v) is 15.8. The van der Waals surface area contributed by atoms with Gasteiger partial charge >= 0.3 is 0 Å². The SMILES string of the molecule is CCC1c2ccc(C)n2CCN1C(=O)C1NNC(c2ccccc2)C1C. The highest BCUT2D eigenvalue weighted by molar-refractivity contribution is 5.83. The maximum absolute atomic E-state index is 13.4. The number of nitrogens with one attached hydrogen (secondary N) is 2. The molecule has 1 saturated heterocycles. The lowest BCUT2D eigenvalue weighted by Crippen LogP contribution is -2.51. The Morgan fingerprint density at radius 2 is 1.88 bits per heavy atom. The molecule has 2 aliphatic rings. The van der Waals surface area contributed by atoms with Crippen LogP contribution in [0.2, 0.25) is 0 Å². The number of amides is 1. The zero-order chi connectivity index (χ0) is 18.3. The van der Waals surface area contributed by atoms with E-state index in [4.69, 9.17) is 0 Å². The number of hydrazine groups is 1. The monoisotopic (exact) mass is 352 g/mol. The molecule has 3 heterocycles. The van der Waals surface area contributed by atoms with Gasteiger partial charge in [0.15, 0.2) is 0 Å². The summed E-state index contributed by atoms with van der Waals surface area (Å²) in [5, 5.41) is 0. The third kappa shape index (κ3) is 2.75. The van der Waals surface area contributed by atoms with Gasteiger partial charge in [0.25, 0.3) is 0 Å². The summed E-state index contributed by atoms with van der Waals surface area (Å²) in [7, 11) is 0. The second-order valence-electron chi connectivity index (χ2n) is 7.52. The predicted octanol–water partition coefficient (Wildman–Crippen LogP) is 2.94. The quantitative estimate of drug-likeness (QED) is 0.893. The third-order valence-corrected chi connectivity index (χ3v) is 6.06. The first-order valence-corrected chi connectivity index (χ1v) is 9.64. The summed E-state index contributed by atoms with van der Waals surface area (Å²) in [6.45, 7) is 8.13. The van der Waals surface area contributed by atoms with Crippen molar-refractivity contribution in [3.05, 3.63) is 59.4 Å². The van der Waals surface area contributed by atoms with Crippen LogP contribution in [0.15, 0.2) is 42.5 Å². The standard InChI is InChI=1S/C21H28N4O/c1-4-17-18-11-10-14(2)24(18)12-13-25(17)21(26)20-15(3)19(22-23-20)16-8-6-5-7-9-16/h5-11,15,17,19-20,22-23H,4,12-13H2,1-3H3. The molecule has 138 valence electrons. The van der Waals surface area contributed by atoms with Crippen molar-refractivity contribution in [1.82, 2.24) is 20.3 Å². The molecule has 5 heteroatoms. The minimum Gasteiger partial charge on any atom is -0.345 e. The second kappa shape index (κ2) is 6.89. The molecule has 2 N–H and O–H groups in total. The van der Waals surface area contributed by atoms with Crippen molar-refractivity contribution in [2.75, 3.05) is 6.54 Å². The van der Waals surface area contributed by atoms with Crippen molar-refractivity contribution in [1.29, 1.82) is 0 Å². The number of rotatable bonds is 3. The fourth-order valence-electron chi connectivity index (χ4n) is 4.55. The smallest absolute Gasteiger partial charge is 0.242 e. The fourth-order valence-corrected chi connectivity index (χ4v) is 4.55. The summed E-state index contributed by atoms with van der Waals surface area (Å²) in [5.74, 6) is 0.401. The van der Waals surface area contributed by atoms with Crippen molar-refractivity contribution in [3.63, 3.8) is 0 Å². The lowest BCUT2D eigenvalue weighted by molar-refractivity contribution is -0.137. The average molecular weight is 352 g/mol. The molecule has 0 saturated carbocycles. The highest BCUT2D eigenvalue weighted by atomic mass is 16.2. The highest BCUT2D eigenvalue weighted by Crippen LogP contribution is 2.34. The van der Waals surface area contributed by atoms with Crippen LogP contribution in [-0.4, -0.2) is 28.0 Å². The molecule has 1 amide bonds. The van der Waals surface area contributed by atoms with E-state index in [9.17, 15) is 4.79 Å². The van der Waals surface area contributed by atoms with Crippen LogP contribution in [0.1, 0.15) is 49.3 Å². The number of aryl methyl sites for hydroxylation is 1. The molecule has 2 aliphatic heterocycles. The number of aromatic nitrogens is 1. The Bertz CT molecular complexity index is 785. The Morgan fingerprint density at radius 1 is 1.12 bits per heavy atom. The largest absolute Gasteiger partial charge is 0.345 e. The number of benzene rings is 1. The summed E-state index contributed by atoms with van der Waals surface area (Å²) in [4.78, 5) is 15.5. The van der Waals surface area contributed by atoms with E-state index < -0.39 is 0 Å². The lowest BCUT2D eigenvalue weighted by atomic mass is 9.90. The van der Waals surface area contributed by atoms with E-state index in [1.54, 1.807) is 0 Å². The Hall–Kier alpha value is -2.11. The number of hydrogen-bond acceptors (Lipinski definition) is 3. The fraction of sp³-hybridized carbons (Fsp3) is 0.476. The van der Waals surface area contributed by atoms with Gasteiger partial charge in [0.1, 0.15) is 6.04 Å². The van der Waals surface area contributed by atoms with E-state index in [1.165, 1.54) is 17.0 Å². The van der Waals surface area contributed by atoms with Crippen LogP contribution in [0.5, 0.6) is 0 Å². The first-order valence-electron chi connectivity index (χ1n) is 9.64. The molecule has 4 rings (SSSR count). The normalized spacial score (nSPS) is 28.2. The number of nitrogens with zero attached hydrogens (tertiary/aromatic N) is 2. The van der Waals surface area contributed by atoms with Crippen LogP contribution in [0.4, 0.5) is 0 Å². The van der Waals surface area contributed by atoms with Crippen molar-refractivity contribution in [3.8, 4) is 0 Å². The van der Waals surface area contributed by atoms with Crippen molar-refractivity contribution in [2.24, 2.45) is 5.92 Å². The molecule has 1 aromatic carbocycles. The Morgan fingerprint density at radius 3 is 2.62 bits per heavy atom. The molecule has 4 atom stereocenters. The Balaban J connectivity index is 1.54. The van der Waals surface area contributed by atoms with Crippen LogP contribution in [0.25, 0.3) is 0 Å². The highest BCUT2D eigenvalue weighted by Gasteiger charge is 2.42. The van der Waals surface area contributed by atoms with Crippen molar-refractivity contribution >= 4 is 5.91 Å². The van der Waals surface area contributed by atoms with Crippen LogP contribution >= 0.6 is 0 Å². The summed E-state index contributed by atoms with van der Waals surface area (Å²) in [5.41, 5.74) is 10.4. The number of carbonyl (C=O) groups is 1. The molecule has 0 bridgehead atoms. The second-order valence-corrected chi connectivity index (χ2v) is 7.52. The topological polar surface area (TPSA) is 49.3 Å². The number of fused-ring (bicyclic) bond motifs is 1. The predicted molar refractivity (Wildman–Crippen MR) is 102 cm³/mol. The van der Waals surface area contributed by atoms with Gasteiger partial charge in [-0.15, -0.1) is 0 Å². The summed E-state index contributed by atoms with van der Waals surface area (Å²) < 4.78 is 2.36. The molecule has 26 heavy (non-hydrogen) atoms. The van der Waals surface area contributed by atoms with E-state index >= 15 is 0 Å². The van der Waals surface area contributed by atoms with E-state index in [0.29, 0.717) is 0 Å². The van der Waals surface area contributed by atoms with Gasteiger partial charge in [-0.05, 0) is 31.0 Å². The van der Waals surface area contributed by atoms with Gasteiger partial charge < -0.3 is 9.47 Å². The Labute approximate surface area is 155 Å². The van der Waals surface area contributed by atoms with E-state index in [-0.39, 0.29) is 30.0 Å². The average Bonchev–Trinajstić information content (AvgIpc) is 3.24. The van der Waals surface area contributed by atoms with Crippen molar-refractivity contribution < 1.29 is 4.79 Å². The van der Waals surface area contributed by atoms with Crippen LogP contribution < -0.4 is 10.9 Å². The summed E-state index contributed by atoms with van der Waals surface area (Å²) in [6, 6.07) is 14.8. The maximum Gasteiger partial charge on any atom is 0.242 e. The minimum atomic E-state index is -0.197. The lowest BCUT2D eigenvalue weighted by Gasteiger charge is -2.39. The van der Waals surface area contributed by atoms with Crippen LogP contribution in [0, 0.1) is 12.8 Å². The van der Waals surface area contributed by atoms with Crippen LogP contribution in [0.3, 0.4) is 0 Å². The summed E-state index contributed by atoms with van der Waals surface area (Å²) in [6.07, 6.45) is 0.936. The first-order chi connectivity index (χ1) is 12.6. The number of hydrogen-bond donors (Lipinski definition) is 2. The van der Waals surface area contributed by atoms with Gasteiger partial charge in [-0.25, -0.2) is 10.9 Å². The maximum atomic E-state index is 13.4. The molecule has 1 aromatic heterocycles. The van der Waals surface area contributed by atoms with Crippen LogP contribution in [-0.2, 0) is 11.3 Å². The zero-order valence-electron chi connectivity index (χ0n) is 15.8. The van der Waals surface area contributed by atoms with E-state index in [1.807, 2.05) is 18.2 Å². The molecule has 0 spiro atoms. The first kappa shape index (κ1) is 17.3. The third-order valence-electron chi connectivity index (χ3n) is 6.06. The van der Waals surface area contributed by atoms with Crippen molar-refractivity contribution in [2.45, 2.75) is 51.9 Å².